The van der Waals surface area contributed by atoms with Crippen LogP contribution in [0.15, 0.2) is 22.9 Å². The van der Waals surface area contributed by atoms with E-state index in [-0.39, 0.29) is 5.91 Å². The first-order valence-electron chi connectivity index (χ1n) is 4.95. The van der Waals surface area contributed by atoms with E-state index in [0.29, 0.717) is 0 Å². The van der Waals surface area contributed by atoms with Crippen LogP contribution in [-0.4, -0.2) is 11.9 Å². The minimum Gasteiger partial charge on any atom is -0.325 e. The molecule has 14 heavy (non-hydrogen) atoms. The Kier molecular flexibility index (Phi) is 3.47. The highest BCUT2D eigenvalue weighted by Crippen LogP contribution is 2.22. The molecule has 0 aromatic carbocycles. The van der Waals surface area contributed by atoms with E-state index in [1.54, 1.807) is 6.92 Å². The van der Waals surface area contributed by atoms with E-state index >= 15 is 0 Å². The number of rotatable bonds is 2. The van der Waals surface area contributed by atoms with Crippen LogP contribution in [0, 0.1) is 0 Å². The number of hydrogen-bond donors (Lipinski definition) is 2. The Morgan fingerprint density at radius 2 is 2.21 bits per heavy atom. The topological polar surface area (TPSA) is 55.1 Å². The monoisotopic (exact) mass is 194 g/mol. The fourth-order valence-electron chi connectivity index (χ4n) is 1.51. The molecule has 0 bridgehead atoms. The minimum atomic E-state index is -0.454. The van der Waals surface area contributed by atoms with Gasteiger partial charge in [-0.3, -0.25) is 4.79 Å². The molecule has 0 heterocycles. The van der Waals surface area contributed by atoms with Gasteiger partial charge in [-0.1, -0.05) is 6.08 Å². The summed E-state index contributed by atoms with van der Waals surface area (Å²) in [4.78, 5) is 11.4. The smallest absolute Gasteiger partial charge is 0.241 e. The van der Waals surface area contributed by atoms with Crippen LogP contribution in [0.2, 0.25) is 0 Å². The highest BCUT2D eigenvalue weighted by Gasteiger charge is 2.14. The molecule has 3 heteroatoms. The molecular formula is C11H18N2O. The summed E-state index contributed by atoms with van der Waals surface area (Å²) in [6, 6.07) is -0.454. The van der Waals surface area contributed by atoms with Crippen molar-refractivity contribution in [2.45, 2.75) is 39.7 Å². The second-order valence-corrected chi connectivity index (χ2v) is 3.86. The number of nitrogens with one attached hydrogen (secondary N) is 1. The van der Waals surface area contributed by atoms with Crippen molar-refractivity contribution in [2.24, 2.45) is 5.73 Å². The van der Waals surface area contributed by atoms with Crippen LogP contribution in [0.5, 0.6) is 0 Å². The van der Waals surface area contributed by atoms with Gasteiger partial charge in [0.05, 0.1) is 6.04 Å². The zero-order chi connectivity index (χ0) is 10.7. The fraction of sp³-hybridized carbons (Fsp3) is 0.545. The van der Waals surface area contributed by atoms with Crippen molar-refractivity contribution in [1.82, 2.24) is 5.32 Å². The van der Waals surface area contributed by atoms with Crippen LogP contribution < -0.4 is 11.1 Å². The molecule has 1 unspecified atom stereocenters. The van der Waals surface area contributed by atoms with E-state index in [2.05, 4.69) is 11.4 Å². The van der Waals surface area contributed by atoms with E-state index in [0.717, 1.165) is 24.1 Å². The number of allylic oxidation sites excluding steroid dienone is 3. The van der Waals surface area contributed by atoms with Crippen LogP contribution in [0.1, 0.15) is 33.6 Å². The second kappa shape index (κ2) is 4.42. The molecule has 0 spiro atoms. The van der Waals surface area contributed by atoms with Gasteiger partial charge in [0.1, 0.15) is 0 Å². The van der Waals surface area contributed by atoms with Gasteiger partial charge >= 0.3 is 0 Å². The van der Waals surface area contributed by atoms with Crippen LogP contribution in [0.4, 0.5) is 0 Å². The predicted octanol–water partition coefficient (Wildman–Crippen LogP) is 1.46. The molecule has 0 radical (unpaired) electrons. The third-order valence-electron chi connectivity index (χ3n) is 2.45. The predicted molar refractivity (Wildman–Crippen MR) is 57.5 cm³/mol. The quantitative estimate of drug-likeness (QED) is 0.699. The molecular weight excluding hydrogens is 176 g/mol. The summed E-state index contributed by atoms with van der Waals surface area (Å²) in [5.41, 5.74) is 8.82. The molecule has 78 valence electrons. The van der Waals surface area contributed by atoms with Crippen molar-refractivity contribution < 1.29 is 4.79 Å². The highest BCUT2D eigenvalue weighted by molar-refractivity contribution is 5.83. The lowest BCUT2D eigenvalue weighted by molar-refractivity contribution is -0.121. The van der Waals surface area contributed by atoms with E-state index in [1.807, 2.05) is 13.8 Å². The number of nitrogens with two attached hydrogens (primary N) is 1. The maximum absolute atomic E-state index is 11.4. The molecule has 1 aliphatic carbocycles. The summed E-state index contributed by atoms with van der Waals surface area (Å²) in [5, 5.41) is 2.87. The number of amides is 1. The van der Waals surface area contributed by atoms with Gasteiger partial charge < -0.3 is 11.1 Å². The molecule has 0 saturated heterocycles. The Hall–Kier alpha value is -1.09. The third kappa shape index (κ3) is 2.45. The van der Waals surface area contributed by atoms with Crippen LogP contribution >= 0.6 is 0 Å². The van der Waals surface area contributed by atoms with E-state index < -0.39 is 6.04 Å². The number of carbonyl (C=O) groups excluding carboxylic acids is 1. The second-order valence-electron chi connectivity index (χ2n) is 3.86. The van der Waals surface area contributed by atoms with Gasteiger partial charge in [0, 0.05) is 5.70 Å². The van der Waals surface area contributed by atoms with Crippen molar-refractivity contribution in [2.75, 3.05) is 0 Å². The van der Waals surface area contributed by atoms with Crippen LogP contribution in [0.25, 0.3) is 0 Å². The summed E-state index contributed by atoms with van der Waals surface area (Å²) < 4.78 is 0. The summed E-state index contributed by atoms with van der Waals surface area (Å²) >= 11 is 0. The molecule has 1 amide bonds. The maximum Gasteiger partial charge on any atom is 0.241 e. The van der Waals surface area contributed by atoms with E-state index in [4.69, 9.17) is 5.73 Å². The van der Waals surface area contributed by atoms with Crippen LogP contribution in [0.3, 0.4) is 0 Å². The zero-order valence-electron chi connectivity index (χ0n) is 9.05. The van der Waals surface area contributed by atoms with Gasteiger partial charge in [-0.15, -0.1) is 0 Å². The first-order valence-corrected chi connectivity index (χ1v) is 4.95. The molecule has 1 atom stereocenters. The lowest BCUT2D eigenvalue weighted by atomic mass is 9.97. The normalized spacial score (nSPS) is 19.0. The van der Waals surface area contributed by atoms with Gasteiger partial charge in [-0.2, -0.15) is 0 Å². The summed E-state index contributed by atoms with van der Waals surface area (Å²) in [6.07, 6.45) is 4.23. The maximum atomic E-state index is 11.4. The lowest BCUT2D eigenvalue weighted by Crippen LogP contribution is -2.38. The SMILES string of the molecule is CC1=CCCC(C)=C1NC(=O)C(C)N. The van der Waals surface area contributed by atoms with Gasteiger partial charge in [0.25, 0.3) is 0 Å². The summed E-state index contributed by atoms with van der Waals surface area (Å²) in [7, 11) is 0. The average Bonchev–Trinajstić information content (AvgIpc) is 2.11. The Balaban J connectivity index is 2.77. The van der Waals surface area contributed by atoms with Crippen LogP contribution in [-0.2, 0) is 4.79 Å². The third-order valence-corrected chi connectivity index (χ3v) is 2.45. The Morgan fingerprint density at radius 3 is 2.71 bits per heavy atom. The fourth-order valence-corrected chi connectivity index (χ4v) is 1.51. The van der Waals surface area contributed by atoms with Gasteiger partial charge in [-0.25, -0.2) is 0 Å². The Labute approximate surface area is 85.1 Å². The molecule has 0 aliphatic heterocycles. The van der Waals surface area contributed by atoms with Crippen molar-refractivity contribution in [1.29, 1.82) is 0 Å². The minimum absolute atomic E-state index is 0.117. The van der Waals surface area contributed by atoms with Crippen molar-refractivity contribution >= 4 is 5.91 Å². The van der Waals surface area contributed by atoms with E-state index in [1.165, 1.54) is 5.57 Å². The van der Waals surface area contributed by atoms with Gasteiger partial charge in [-0.05, 0) is 44.8 Å². The Morgan fingerprint density at radius 1 is 1.57 bits per heavy atom. The molecule has 0 saturated carbocycles. The largest absolute Gasteiger partial charge is 0.325 e. The van der Waals surface area contributed by atoms with E-state index in [9.17, 15) is 4.79 Å². The molecule has 1 rings (SSSR count). The molecule has 3 N–H and O–H groups in total. The molecule has 0 fully saturated rings. The summed E-state index contributed by atoms with van der Waals surface area (Å²) in [5.74, 6) is -0.117. The summed E-state index contributed by atoms with van der Waals surface area (Å²) in [6.45, 7) is 5.75. The van der Waals surface area contributed by atoms with Crippen molar-refractivity contribution in [3.63, 3.8) is 0 Å². The molecule has 0 aromatic rings. The van der Waals surface area contributed by atoms with Gasteiger partial charge in [0.2, 0.25) is 5.91 Å². The highest BCUT2D eigenvalue weighted by atomic mass is 16.2. The Bertz CT molecular complexity index is 300. The number of hydrogen-bond acceptors (Lipinski definition) is 2. The molecule has 1 aliphatic rings. The number of carbonyl (C=O) groups is 1. The first kappa shape index (κ1) is 11.0. The first-order chi connectivity index (χ1) is 6.52. The van der Waals surface area contributed by atoms with Gasteiger partial charge in [0.15, 0.2) is 0 Å². The molecule has 0 aromatic heterocycles. The van der Waals surface area contributed by atoms with Crippen molar-refractivity contribution in [3.05, 3.63) is 22.9 Å². The van der Waals surface area contributed by atoms with Crippen molar-refractivity contribution in [3.8, 4) is 0 Å². The standard InChI is InChI=1S/C11H18N2O/c1-7-5-4-6-8(2)10(7)13-11(14)9(3)12/h5,9H,4,6,12H2,1-3H3,(H,13,14). The molecule has 3 nitrogen and oxygen atoms in total. The average molecular weight is 194 g/mol. The zero-order valence-corrected chi connectivity index (χ0v) is 9.05. The lowest BCUT2D eigenvalue weighted by Gasteiger charge is -2.19.